The fourth-order valence-electron chi connectivity index (χ4n) is 7.88. The zero-order valence-corrected chi connectivity index (χ0v) is 26.0. The lowest BCUT2D eigenvalue weighted by Gasteiger charge is -2.41. The molecule has 1 saturated carbocycles. The topological polar surface area (TPSA) is 114 Å². The van der Waals surface area contributed by atoms with Crippen LogP contribution in [-0.4, -0.2) is 73.8 Å². The van der Waals surface area contributed by atoms with Crippen LogP contribution in [0.25, 0.3) is 44.5 Å². The highest BCUT2D eigenvalue weighted by Gasteiger charge is 2.32. The molecule has 0 atom stereocenters. The van der Waals surface area contributed by atoms with Crippen molar-refractivity contribution in [3.63, 3.8) is 0 Å². The zero-order valence-electron chi connectivity index (χ0n) is 26.0. The van der Waals surface area contributed by atoms with Gasteiger partial charge >= 0.3 is 0 Å². The number of anilines is 3. The van der Waals surface area contributed by atoms with E-state index in [-0.39, 0.29) is 6.04 Å². The maximum atomic E-state index is 6.66. The van der Waals surface area contributed by atoms with Crippen LogP contribution < -0.4 is 11.1 Å². The fraction of sp³-hybridized carbons (Fsp3) is 0.333. The van der Waals surface area contributed by atoms with Crippen molar-refractivity contribution in [1.29, 1.82) is 0 Å². The molecule has 9 rings (SSSR count). The van der Waals surface area contributed by atoms with Crippen LogP contribution in [0.4, 0.5) is 17.5 Å². The number of nitrogens with one attached hydrogen (secondary N) is 1. The average molecular weight is 612 g/mol. The van der Waals surface area contributed by atoms with Gasteiger partial charge in [-0.05, 0) is 85.7 Å². The Morgan fingerprint density at radius 1 is 0.848 bits per heavy atom. The number of aromatic nitrogens is 5. The van der Waals surface area contributed by atoms with Crippen LogP contribution in [0.2, 0.25) is 0 Å². The van der Waals surface area contributed by atoms with Gasteiger partial charge in [-0.1, -0.05) is 36.4 Å². The van der Waals surface area contributed by atoms with E-state index in [1.54, 1.807) is 6.33 Å². The number of hydrogen-bond donors (Lipinski definition) is 2. The van der Waals surface area contributed by atoms with Gasteiger partial charge in [0.25, 0.3) is 6.01 Å². The number of nitrogens with zero attached hydrogens (tertiary/aromatic N) is 7. The highest BCUT2D eigenvalue weighted by atomic mass is 16.4. The highest BCUT2D eigenvalue weighted by Crippen LogP contribution is 2.47. The molecule has 46 heavy (non-hydrogen) atoms. The minimum atomic E-state index is 0.260. The Morgan fingerprint density at radius 3 is 2.48 bits per heavy atom. The number of fused-ring (bicyclic) bond motifs is 5. The summed E-state index contributed by atoms with van der Waals surface area (Å²) in [6.07, 6.45) is 6.87. The number of hydrogen-bond acceptors (Lipinski definition) is 9. The van der Waals surface area contributed by atoms with Gasteiger partial charge in [0.15, 0.2) is 11.2 Å². The van der Waals surface area contributed by atoms with Gasteiger partial charge in [0.05, 0.1) is 11.4 Å². The summed E-state index contributed by atoms with van der Waals surface area (Å²) in [6.45, 7) is 4.62. The van der Waals surface area contributed by atoms with E-state index in [0.29, 0.717) is 17.9 Å². The molecular formula is C36H37N9O. The van der Waals surface area contributed by atoms with E-state index in [9.17, 15) is 0 Å². The van der Waals surface area contributed by atoms with E-state index >= 15 is 0 Å². The summed E-state index contributed by atoms with van der Waals surface area (Å²) in [7, 11) is 2.22. The van der Waals surface area contributed by atoms with Crippen molar-refractivity contribution >= 4 is 39.7 Å². The second kappa shape index (κ2) is 10.9. The summed E-state index contributed by atoms with van der Waals surface area (Å²) in [5.41, 5.74) is 16.7. The van der Waals surface area contributed by atoms with Crippen molar-refractivity contribution in [2.75, 3.05) is 44.3 Å². The largest absolute Gasteiger partial charge is 0.423 e. The summed E-state index contributed by atoms with van der Waals surface area (Å²) in [5, 5.41) is 9.64. The first-order valence-electron chi connectivity index (χ1n) is 16.4. The summed E-state index contributed by atoms with van der Waals surface area (Å²) < 4.78 is 8.19. The van der Waals surface area contributed by atoms with Crippen molar-refractivity contribution in [2.24, 2.45) is 0 Å². The molecule has 1 aliphatic heterocycles. The van der Waals surface area contributed by atoms with Crippen LogP contribution in [0, 0.1) is 0 Å². The maximum Gasteiger partial charge on any atom is 0.300 e. The van der Waals surface area contributed by atoms with Crippen LogP contribution in [0.1, 0.15) is 42.9 Å². The van der Waals surface area contributed by atoms with Crippen molar-refractivity contribution < 1.29 is 4.42 Å². The van der Waals surface area contributed by atoms with Gasteiger partial charge in [-0.15, -0.1) is 0 Å². The Hall–Kier alpha value is -4.80. The number of likely N-dealkylation sites (N-methyl/N-ethyl adjacent to an activating group) is 1. The van der Waals surface area contributed by atoms with Gasteiger partial charge in [-0.2, -0.15) is 10.1 Å². The zero-order chi connectivity index (χ0) is 30.8. The number of oxazole rings is 1. The van der Waals surface area contributed by atoms with Gasteiger partial charge < -0.3 is 20.4 Å². The minimum Gasteiger partial charge on any atom is -0.423 e. The Kier molecular flexibility index (Phi) is 6.53. The Morgan fingerprint density at radius 2 is 1.63 bits per heavy atom. The standard InChI is InChI=1S/C36H37N9O/c1-43-14-16-44(17-15-43)25-10-12-26(13-11-25)45-35-32(34(37)38-21-39-35)33(42-45)28-20-24(40-36-41-29-8-4-5-9-30(29)46-36)19-23-18-22-6-2-3-7-27(22)31(23)28/h2-9,19-21,25-26H,10-18H2,1H3,(H,40,41)(H2,37,38,39). The monoisotopic (exact) mass is 611 g/mol. The fourth-order valence-corrected chi connectivity index (χ4v) is 7.88. The third-order valence-corrected chi connectivity index (χ3v) is 10.3. The van der Waals surface area contributed by atoms with Crippen LogP contribution in [-0.2, 0) is 6.42 Å². The van der Waals surface area contributed by atoms with Gasteiger partial charge in [0.1, 0.15) is 23.4 Å². The normalized spacial score (nSPS) is 20.3. The molecule has 4 heterocycles. The third kappa shape index (κ3) is 4.63. The van der Waals surface area contributed by atoms with E-state index in [2.05, 4.69) is 73.2 Å². The number of piperazine rings is 1. The van der Waals surface area contributed by atoms with Crippen molar-refractivity contribution in [3.05, 3.63) is 78.1 Å². The second-order valence-corrected chi connectivity index (χ2v) is 13.1. The molecule has 2 fully saturated rings. The lowest BCUT2D eigenvalue weighted by molar-refractivity contribution is 0.0815. The van der Waals surface area contributed by atoms with Gasteiger partial charge in [0, 0.05) is 43.5 Å². The Labute approximate surface area is 267 Å². The SMILES string of the molecule is CN1CCN(C2CCC(n3nc(-c4cc(Nc5nc6ccccc6o5)cc5c4-c4ccccc4C5)c4c(N)ncnc43)CC2)CC1. The molecular weight excluding hydrogens is 574 g/mol. The summed E-state index contributed by atoms with van der Waals surface area (Å²) in [6, 6.07) is 22.1. The predicted octanol–water partition coefficient (Wildman–Crippen LogP) is 6.26. The lowest BCUT2D eigenvalue weighted by Crippen LogP contribution is -2.49. The third-order valence-electron chi connectivity index (χ3n) is 10.3. The molecule has 0 unspecified atom stereocenters. The summed E-state index contributed by atoms with van der Waals surface area (Å²) in [4.78, 5) is 19.0. The van der Waals surface area contributed by atoms with Crippen molar-refractivity contribution in [2.45, 2.75) is 44.2 Å². The average Bonchev–Trinajstić information content (AvgIpc) is 3.78. The Balaban J connectivity index is 1.13. The Bertz CT molecular complexity index is 2050. The molecule has 10 heteroatoms. The molecule has 232 valence electrons. The predicted molar refractivity (Wildman–Crippen MR) is 181 cm³/mol. The van der Waals surface area contributed by atoms with E-state index in [1.165, 1.54) is 22.3 Å². The van der Waals surface area contributed by atoms with Crippen molar-refractivity contribution in [1.82, 2.24) is 34.5 Å². The van der Waals surface area contributed by atoms with E-state index in [0.717, 1.165) is 97.4 Å². The van der Waals surface area contributed by atoms with E-state index in [4.69, 9.17) is 20.2 Å². The molecule has 3 N–H and O–H groups in total. The number of benzene rings is 3. The second-order valence-electron chi connectivity index (χ2n) is 13.1. The first-order valence-corrected chi connectivity index (χ1v) is 16.4. The maximum absolute atomic E-state index is 6.66. The van der Waals surface area contributed by atoms with Gasteiger partial charge in [0.2, 0.25) is 0 Å². The first kappa shape index (κ1) is 27.5. The van der Waals surface area contributed by atoms with E-state index in [1.807, 2.05) is 24.3 Å². The van der Waals surface area contributed by atoms with Crippen LogP contribution in [0.5, 0.6) is 0 Å². The molecule has 3 aliphatic rings. The van der Waals surface area contributed by atoms with Crippen LogP contribution >= 0.6 is 0 Å². The van der Waals surface area contributed by atoms with Gasteiger partial charge in [-0.3, -0.25) is 4.90 Å². The highest BCUT2D eigenvalue weighted by molar-refractivity contribution is 6.04. The molecule has 3 aromatic heterocycles. The molecule has 3 aromatic carbocycles. The molecule has 0 spiro atoms. The molecule has 0 bridgehead atoms. The van der Waals surface area contributed by atoms with Crippen molar-refractivity contribution in [3.8, 4) is 22.4 Å². The smallest absolute Gasteiger partial charge is 0.300 e. The summed E-state index contributed by atoms with van der Waals surface area (Å²) >= 11 is 0. The van der Waals surface area contributed by atoms with Gasteiger partial charge in [-0.25, -0.2) is 14.6 Å². The molecule has 0 amide bonds. The number of nitrogens with two attached hydrogens (primary N) is 1. The number of nitrogen functional groups attached to an aromatic ring is 1. The number of para-hydroxylation sites is 2. The summed E-state index contributed by atoms with van der Waals surface area (Å²) in [5.74, 6) is 0.453. The lowest BCUT2D eigenvalue weighted by atomic mass is 9.90. The molecule has 10 nitrogen and oxygen atoms in total. The molecule has 6 aromatic rings. The molecule has 1 saturated heterocycles. The number of rotatable bonds is 5. The molecule has 0 radical (unpaired) electrons. The van der Waals surface area contributed by atoms with Crippen LogP contribution in [0.3, 0.4) is 0 Å². The minimum absolute atomic E-state index is 0.260. The van der Waals surface area contributed by atoms with Crippen LogP contribution in [0.15, 0.2) is 71.4 Å². The quantitative estimate of drug-likeness (QED) is 0.233. The molecule has 2 aliphatic carbocycles. The van der Waals surface area contributed by atoms with E-state index < -0.39 is 0 Å². The first-order chi connectivity index (χ1) is 22.6.